The molecule has 5 N–H and O–H groups in total. The smallest absolute Gasteiger partial charge is 0.446 e. The van der Waals surface area contributed by atoms with Gasteiger partial charge in [0.1, 0.15) is 12.6 Å². The van der Waals surface area contributed by atoms with Gasteiger partial charge in [-0.2, -0.15) is 13.2 Å². The summed E-state index contributed by atoms with van der Waals surface area (Å²) in [6.07, 6.45) is 5.07. The van der Waals surface area contributed by atoms with Crippen LogP contribution in [0.25, 0.3) is 0 Å². The molecule has 68 heavy (non-hydrogen) atoms. The first kappa shape index (κ1) is 60.0. The Morgan fingerprint density at radius 1 is 0.691 bits per heavy atom. The van der Waals surface area contributed by atoms with Crippen LogP contribution in [0.5, 0.6) is 0 Å². The van der Waals surface area contributed by atoms with Crippen LogP contribution in [-0.2, 0) is 67.2 Å². The van der Waals surface area contributed by atoms with E-state index in [4.69, 9.17) is 33.0 Å². The minimum atomic E-state index is -4.97. The molecule has 0 unspecified atom stereocenters. The van der Waals surface area contributed by atoms with E-state index in [1.807, 2.05) is 55.4 Å². The van der Waals surface area contributed by atoms with Crippen molar-refractivity contribution in [3.05, 3.63) is 69.6 Å². The Morgan fingerprint density at radius 2 is 1.07 bits per heavy atom. The van der Waals surface area contributed by atoms with Gasteiger partial charge in [-0.1, -0.05) is 53.3 Å². The molecule has 3 aromatic heterocycles. The van der Waals surface area contributed by atoms with Crippen molar-refractivity contribution in [2.24, 2.45) is 0 Å². The average Bonchev–Trinajstić information content (AvgIpc) is 3.24. The monoisotopic (exact) mass is 1080 g/mol. The Labute approximate surface area is 417 Å². The number of hydrogen-bond acceptors (Lipinski definition) is 14. The fourth-order valence-electron chi connectivity index (χ4n) is 6.27. The first-order valence-corrected chi connectivity index (χ1v) is 25.8. The number of aromatic nitrogens is 6. The molecule has 0 radical (unpaired) electrons. The predicted molar refractivity (Wildman–Crippen MR) is 264 cm³/mol. The molecule has 0 amide bonds. The van der Waals surface area contributed by atoms with E-state index in [0.717, 1.165) is 111 Å². The normalized spacial score (nSPS) is 13.8. The number of H-pyrrole nitrogens is 4. The van der Waals surface area contributed by atoms with Crippen LogP contribution in [0.3, 0.4) is 0 Å². The van der Waals surface area contributed by atoms with Crippen molar-refractivity contribution in [1.29, 1.82) is 0 Å². The molecule has 0 bridgehead atoms. The maximum atomic E-state index is 12.0. The van der Waals surface area contributed by atoms with E-state index >= 15 is 0 Å². The second-order valence-electron chi connectivity index (χ2n) is 16.9. The first-order chi connectivity index (χ1) is 32.2. The number of carbonyl (C=O) groups excluding carboxylic acids is 3. The third kappa shape index (κ3) is 26.6. The van der Waals surface area contributed by atoms with Crippen molar-refractivity contribution in [2.75, 3.05) is 16.8 Å². The highest BCUT2D eigenvalue weighted by molar-refractivity contribution is 9.09. The van der Waals surface area contributed by atoms with Crippen molar-refractivity contribution in [2.45, 2.75) is 179 Å². The minimum Gasteiger partial charge on any atom is -0.481 e. The molecule has 3 aromatic rings. The number of aromatic amines is 4. The topological polar surface area (TPSA) is 247 Å². The average molecular weight is 1090 g/mol. The lowest BCUT2D eigenvalue weighted by Crippen LogP contribution is -2.24. The van der Waals surface area contributed by atoms with E-state index in [-0.39, 0.29) is 40.6 Å². The van der Waals surface area contributed by atoms with Crippen LogP contribution in [0.1, 0.15) is 148 Å². The van der Waals surface area contributed by atoms with Gasteiger partial charge in [0.15, 0.2) is 15.1 Å². The molecule has 3 aliphatic carbocycles. The quantitative estimate of drug-likeness (QED) is 0.0318. The summed E-state index contributed by atoms with van der Waals surface area (Å²) in [6.45, 7) is 15.1. The number of aliphatic carboxylic acids is 1. The summed E-state index contributed by atoms with van der Waals surface area (Å²) in [6, 6.07) is 0. The summed E-state index contributed by atoms with van der Waals surface area (Å²) < 4.78 is 48.1. The zero-order valence-corrected chi connectivity index (χ0v) is 44.0. The molecule has 16 nitrogen and oxygen atoms in total. The fraction of sp³-hybridized carbons (Fsp3) is 0.644. The number of carboxylic acid groups (broad SMARTS) is 1. The molecular formula is C45H66BrF3N6O10S3. The molecule has 0 spiro atoms. The summed E-state index contributed by atoms with van der Waals surface area (Å²) in [4.78, 5) is 96.9. The number of nitrogens with one attached hydrogen (secondary N) is 4. The molecule has 23 heteroatoms. The molecular weight excluding hydrogens is 1020 g/mol. The molecule has 0 aliphatic heterocycles. The number of esters is 2. The van der Waals surface area contributed by atoms with Gasteiger partial charge in [0, 0.05) is 39.2 Å². The number of carbonyl (C=O) groups is 4. The number of carboxylic acids is 1. The predicted octanol–water partition coefficient (Wildman–Crippen LogP) is 8.89. The molecule has 0 atom stereocenters. The summed E-state index contributed by atoms with van der Waals surface area (Å²) in [7, 11) is 0. The highest BCUT2D eigenvalue weighted by Crippen LogP contribution is 2.22. The zero-order chi connectivity index (χ0) is 52.5. The van der Waals surface area contributed by atoms with Crippen LogP contribution in [-0.4, -0.2) is 93.4 Å². The number of rotatable bonds is 10. The van der Waals surface area contributed by atoms with Gasteiger partial charge in [0.2, 0.25) is 6.26 Å². The third-order valence-electron chi connectivity index (χ3n) is 8.93. The lowest BCUT2D eigenvalue weighted by Gasteiger charge is -2.19. The molecule has 0 aromatic carbocycles. The standard InChI is InChI=1S/C15H22N2O3S.C11H14N2O3S.C8H10N2OS.C7H13BrO2.C2HF3O.C2H6/c1-15(2,3)20-12(18)8-9-21-14-16-11-7-5-4-6-10(11)13(19)17-14;14-9(15)5-6-17-11-12-8-4-2-1-3-7(8)10(16)13-11;11-7-5-3-1-2-4-6(5)9-8(12)10-7;1-7(2,3)10-6(9)4-5-8;3-2(4,5)1-6;1-2/h4-9H2,1-3H3,(H,16,17,19);1-6H2,(H,14,15)(H,12,13,16);1-4H2,(H2,9,10,11,12);4-5H2,1-3H3;1H;1-2H3/i;;;;1D;. The minimum absolute atomic E-state index is 0.00606. The van der Waals surface area contributed by atoms with Crippen LogP contribution in [0.4, 0.5) is 13.2 Å². The van der Waals surface area contributed by atoms with Crippen molar-refractivity contribution < 1.29 is 48.3 Å². The molecule has 0 saturated heterocycles. The lowest BCUT2D eigenvalue weighted by molar-refractivity contribution is -0.156. The lowest BCUT2D eigenvalue weighted by atomic mass is 9.97. The van der Waals surface area contributed by atoms with Crippen molar-refractivity contribution >= 4 is 75.8 Å². The van der Waals surface area contributed by atoms with Crippen molar-refractivity contribution in [3.8, 4) is 0 Å². The Bertz CT molecular complexity index is 2380. The van der Waals surface area contributed by atoms with Crippen LogP contribution in [0, 0.1) is 4.77 Å². The maximum Gasteiger partial charge on any atom is 0.446 e. The molecule has 3 heterocycles. The van der Waals surface area contributed by atoms with Gasteiger partial charge in [-0.3, -0.25) is 38.5 Å². The maximum absolute atomic E-state index is 12.0. The zero-order valence-electron chi connectivity index (χ0n) is 41.0. The summed E-state index contributed by atoms with van der Waals surface area (Å²) >= 11 is 10.7. The van der Waals surface area contributed by atoms with E-state index in [0.29, 0.717) is 44.8 Å². The van der Waals surface area contributed by atoms with Crippen LogP contribution in [0.15, 0.2) is 24.7 Å². The van der Waals surface area contributed by atoms with Gasteiger partial charge in [-0.05, 0) is 131 Å². The third-order valence-corrected chi connectivity index (χ3v) is 11.3. The Balaban J connectivity index is 0.000000447. The van der Waals surface area contributed by atoms with Crippen LogP contribution < -0.4 is 16.7 Å². The Morgan fingerprint density at radius 3 is 1.49 bits per heavy atom. The number of aldehydes is 1. The van der Waals surface area contributed by atoms with Gasteiger partial charge < -0.3 is 29.5 Å². The van der Waals surface area contributed by atoms with E-state index < -0.39 is 24.0 Å². The summed E-state index contributed by atoms with van der Waals surface area (Å²) in [5.74, 6) is -0.231. The number of ether oxygens (including phenoxy) is 2. The molecule has 6 rings (SSSR count). The fourth-order valence-corrected chi connectivity index (χ4v) is 8.42. The molecule has 0 saturated carbocycles. The molecule has 382 valence electrons. The first-order valence-electron chi connectivity index (χ1n) is 22.8. The Kier molecular flexibility index (Phi) is 27.5. The second kappa shape index (κ2) is 31.2. The highest BCUT2D eigenvalue weighted by Gasteiger charge is 2.25. The highest BCUT2D eigenvalue weighted by atomic mass is 79.9. The number of fused-ring (bicyclic) bond motifs is 3. The Hall–Kier alpha value is -4.09. The van der Waals surface area contributed by atoms with Crippen molar-refractivity contribution in [3.63, 3.8) is 0 Å². The van der Waals surface area contributed by atoms with Crippen LogP contribution >= 0.6 is 51.7 Å². The summed E-state index contributed by atoms with van der Waals surface area (Å²) in [5.41, 5.74) is 4.48. The van der Waals surface area contributed by atoms with Crippen molar-refractivity contribution in [1.82, 2.24) is 29.9 Å². The van der Waals surface area contributed by atoms with Gasteiger partial charge in [0.25, 0.3) is 16.7 Å². The van der Waals surface area contributed by atoms with E-state index in [1.165, 1.54) is 23.5 Å². The summed E-state index contributed by atoms with van der Waals surface area (Å²) in [5, 5.41) is 10.3. The van der Waals surface area contributed by atoms with Crippen LogP contribution in [0.2, 0.25) is 0 Å². The van der Waals surface area contributed by atoms with E-state index in [9.17, 15) is 41.9 Å². The van der Waals surface area contributed by atoms with Gasteiger partial charge in [-0.15, -0.1) is 0 Å². The number of alkyl halides is 4. The number of halogens is 4. The van der Waals surface area contributed by atoms with E-state index in [1.54, 1.807) is 0 Å². The van der Waals surface area contributed by atoms with Gasteiger partial charge in [-0.25, -0.2) is 9.97 Å². The largest absolute Gasteiger partial charge is 0.481 e. The van der Waals surface area contributed by atoms with Gasteiger partial charge in [0.05, 0.1) is 30.7 Å². The number of thioether (sulfide) groups is 2. The molecule has 3 aliphatic rings. The van der Waals surface area contributed by atoms with Gasteiger partial charge >= 0.3 is 24.1 Å². The molecule has 0 fully saturated rings. The number of hydrogen-bond donors (Lipinski definition) is 5. The SMILES string of the molecule is CC.CC(C)(C)OC(=O)CCBr.CC(C)(C)OC(=O)CCSc1nc2c(c(=O)[nH]1)CCCC2.O=C(O)CCSc1nc2c(c(=O)[nH]1)CCCC2.O=c1[nH]c(=S)[nH]c2c1CCCC2.[2H]C(=O)C(F)(F)F. The second-order valence-corrected chi connectivity index (χ2v) is 20.3. The number of nitrogens with zero attached hydrogens (tertiary/aromatic N) is 2. The number of aryl methyl sites for hydroxylation is 3. The van der Waals surface area contributed by atoms with E-state index in [2.05, 4.69) is 45.8 Å².